The Balaban J connectivity index is 2.14. The van der Waals surface area contributed by atoms with Gasteiger partial charge < -0.3 is 5.73 Å². The number of aromatic nitrogens is 2. The van der Waals surface area contributed by atoms with Crippen LogP contribution in [0.15, 0.2) is 23.0 Å². The lowest BCUT2D eigenvalue weighted by Crippen LogP contribution is -2.13. The second kappa shape index (κ2) is 4.16. The van der Waals surface area contributed by atoms with Gasteiger partial charge in [-0.3, -0.25) is 4.68 Å². The Labute approximate surface area is 93.5 Å². The number of rotatable bonds is 3. The van der Waals surface area contributed by atoms with Crippen molar-refractivity contribution in [3.05, 3.63) is 39.8 Å². The van der Waals surface area contributed by atoms with E-state index in [1.807, 2.05) is 17.9 Å². The van der Waals surface area contributed by atoms with Gasteiger partial charge in [-0.1, -0.05) is 0 Å². The second-order valence-electron chi connectivity index (χ2n) is 3.75. The molecular formula is C11H15N3S. The largest absolute Gasteiger partial charge is 0.324 e. The molecule has 0 saturated carbocycles. The predicted molar refractivity (Wildman–Crippen MR) is 62.9 cm³/mol. The summed E-state index contributed by atoms with van der Waals surface area (Å²) in [5.41, 5.74) is 9.75. The van der Waals surface area contributed by atoms with Crippen molar-refractivity contribution >= 4 is 11.3 Å². The van der Waals surface area contributed by atoms with Crippen LogP contribution >= 0.6 is 11.3 Å². The summed E-state index contributed by atoms with van der Waals surface area (Å²) in [4.78, 5) is 0. The first-order chi connectivity index (χ1) is 7.18. The van der Waals surface area contributed by atoms with Gasteiger partial charge in [0.1, 0.15) is 0 Å². The van der Waals surface area contributed by atoms with Gasteiger partial charge in [-0.2, -0.15) is 16.4 Å². The van der Waals surface area contributed by atoms with Crippen molar-refractivity contribution < 1.29 is 0 Å². The second-order valence-corrected chi connectivity index (χ2v) is 4.53. The molecule has 0 fully saturated rings. The minimum atomic E-state index is 0.0494. The summed E-state index contributed by atoms with van der Waals surface area (Å²) in [6.07, 6.45) is 2.75. The fourth-order valence-electron chi connectivity index (χ4n) is 1.65. The average molecular weight is 221 g/mol. The highest BCUT2D eigenvalue weighted by Crippen LogP contribution is 2.19. The minimum Gasteiger partial charge on any atom is -0.324 e. The number of hydrogen-bond acceptors (Lipinski definition) is 3. The molecule has 2 heterocycles. The topological polar surface area (TPSA) is 43.8 Å². The molecule has 2 rings (SSSR count). The number of hydrogen-bond donors (Lipinski definition) is 1. The lowest BCUT2D eigenvalue weighted by molar-refractivity contribution is 0.702. The molecule has 3 nitrogen and oxygen atoms in total. The highest BCUT2D eigenvalue weighted by Gasteiger charge is 2.12. The van der Waals surface area contributed by atoms with Crippen molar-refractivity contribution in [2.24, 2.45) is 12.8 Å². The van der Waals surface area contributed by atoms with E-state index in [9.17, 15) is 0 Å². The molecule has 0 bridgehead atoms. The van der Waals surface area contributed by atoms with E-state index in [1.54, 1.807) is 11.3 Å². The molecule has 15 heavy (non-hydrogen) atoms. The summed E-state index contributed by atoms with van der Waals surface area (Å²) < 4.78 is 1.86. The molecule has 0 radical (unpaired) electrons. The standard InChI is InChI=1S/C11H15N3S/c1-8-10(6-13-14(8)2)11(12)5-9-3-4-15-7-9/h3-4,6-7,11H,5,12H2,1-2H3. The normalized spacial score (nSPS) is 13.0. The Bertz CT molecular complexity index is 431. The first kappa shape index (κ1) is 10.4. The maximum atomic E-state index is 6.15. The van der Waals surface area contributed by atoms with Gasteiger partial charge in [0.15, 0.2) is 0 Å². The summed E-state index contributed by atoms with van der Waals surface area (Å²) in [7, 11) is 1.94. The smallest absolute Gasteiger partial charge is 0.0540 e. The van der Waals surface area contributed by atoms with Crippen LogP contribution in [-0.4, -0.2) is 9.78 Å². The lowest BCUT2D eigenvalue weighted by atomic mass is 10.0. The van der Waals surface area contributed by atoms with Gasteiger partial charge in [0.05, 0.1) is 6.20 Å². The average Bonchev–Trinajstić information content (AvgIpc) is 2.79. The molecule has 0 saturated heterocycles. The summed E-state index contributed by atoms with van der Waals surface area (Å²) in [5.74, 6) is 0. The fourth-order valence-corrected chi connectivity index (χ4v) is 2.33. The molecule has 4 heteroatoms. The van der Waals surface area contributed by atoms with Crippen LogP contribution in [0.1, 0.15) is 22.9 Å². The van der Waals surface area contributed by atoms with E-state index in [1.165, 1.54) is 5.56 Å². The van der Waals surface area contributed by atoms with Gasteiger partial charge in [-0.15, -0.1) is 0 Å². The van der Waals surface area contributed by atoms with Gasteiger partial charge in [0, 0.05) is 24.3 Å². The summed E-state index contributed by atoms with van der Waals surface area (Å²) in [5, 5.41) is 8.43. The molecule has 0 spiro atoms. The van der Waals surface area contributed by atoms with Crippen molar-refractivity contribution in [1.29, 1.82) is 0 Å². The summed E-state index contributed by atoms with van der Waals surface area (Å²) in [6.45, 7) is 2.05. The van der Waals surface area contributed by atoms with Crippen molar-refractivity contribution in [2.45, 2.75) is 19.4 Å². The van der Waals surface area contributed by atoms with Crippen molar-refractivity contribution in [3.63, 3.8) is 0 Å². The maximum absolute atomic E-state index is 6.15. The van der Waals surface area contributed by atoms with Crippen LogP contribution in [0.25, 0.3) is 0 Å². The SMILES string of the molecule is Cc1c(C(N)Cc2ccsc2)cnn1C. The van der Waals surface area contributed by atoms with Crippen LogP contribution in [0.3, 0.4) is 0 Å². The van der Waals surface area contributed by atoms with E-state index in [2.05, 4.69) is 28.8 Å². The fraction of sp³-hybridized carbons (Fsp3) is 0.364. The number of aryl methyl sites for hydroxylation is 1. The van der Waals surface area contributed by atoms with Gasteiger partial charge in [-0.25, -0.2) is 0 Å². The Morgan fingerprint density at radius 3 is 2.93 bits per heavy atom. The molecule has 0 aliphatic carbocycles. The van der Waals surface area contributed by atoms with Gasteiger partial charge in [0.2, 0.25) is 0 Å². The zero-order chi connectivity index (χ0) is 10.8. The maximum Gasteiger partial charge on any atom is 0.0540 e. The van der Waals surface area contributed by atoms with E-state index < -0.39 is 0 Å². The first-order valence-electron chi connectivity index (χ1n) is 4.93. The molecule has 0 aliphatic rings. The van der Waals surface area contributed by atoms with Crippen molar-refractivity contribution in [3.8, 4) is 0 Å². The quantitative estimate of drug-likeness (QED) is 0.862. The molecular weight excluding hydrogens is 206 g/mol. The first-order valence-corrected chi connectivity index (χ1v) is 5.88. The lowest BCUT2D eigenvalue weighted by Gasteiger charge is -2.09. The van der Waals surface area contributed by atoms with E-state index in [-0.39, 0.29) is 6.04 Å². The van der Waals surface area contributed by atoms with Crippen molar-refractivity contribution in [2.75, 3.05) is 0 Å². The van der Waals surface area contributed by atoms with Gasteiger partial charge >= 0.3 is 0 Å². The highest BCUT2D eigenvalue weighted by molar-refractivity contribution is 7.07. The van der Waals surface area contributed by atoms with E-state index in [0.717, 1.165) is 17.7 Å². The Kier molecular flexibility index (Phi) is 2.88. The zero-order valence-corrected chi connectivity index (χ0v) is 9.79. The third-order valence-electron chi connectivity index (χ3n) is 2.71. The summed E-state index contributed by atoms with van der Waals surface area (Å²) in [6, 6.07) is 2.17. The zero-order valence-electron chi connectivity index (χ0n) is 8.97. The van der Waals surface area contributed by atoms with E-state index in [4.69, 9.17) is 5.73 Å². The third-order valence-corrected chi connectivity index (χ3v) is 3.44. The van der Waals surface area contributed by atoms with Crippen LogP contribution in [0.4, 0.5) is 0 Å². The highest BCUT2D eigenvalue weighted by atomic mass is 32.1. The minimum absolute atomic E-state index is 0.0494. The van der Waals surface area contributed by atoms with Gasteiger partial charge in [0.25, 0.3) is 0 Å². The molecule has 80 valence electrons. The molecule has 1 atom stereocenters. The van der Waals surface area contributed by atoms with Crippen LogP contribution in [0, 0.1) is 6.92 Å². The Morgan fingerprint density at radius 2 is 2.40 bits per heavy atom. The summed E-state index contributed by atoms with van der Waals surface area (Å²) >= 11 is 1.71. The molecule has 2 N–H and O–H groups in total. The Hall–Kier alpha value is -1.13. The van der Waals surface area contributed by atoms with Crippen LogP contribution in [-0.2, 0) is 13.5 Å². The van der Waals surface area contributed by atoms with Crippen LogP contribution in [0.5, 0.6) is 0 Å². The van der Waals surface area contributed by atoms with E-state index in [0.29, 0.717) is 0 Å². The molecule has 1 unspecified atom stereocenters. The molecule has 0 aliphatic heterocycles. The molecule has 2 aromatic rings. The number of nitrogens with two attached hydrogens (primary N) is 1. The molecule has 0 aromatic carbocycles. The molecule has 2 aromatic heterocycles. The Morgan fingerprint density at radius 1 is 1.60 bits per heavy atom. The predicted octanol–water partition coefficient (Wildman–Crippen LogP) is 2.03. The van der Waals surface area contributed by atoms with Crippen molar-refractivity contribution in [1.82, 2.24) is 9.78 Å². The van der Waals surface area contributed by atoms with E-state index >= 15 is 0 Å². The van der Waals surface area contributed by atoms with Crippen LogP contribution in [0.2, 0.25) is 0 Å². The molecule has 0 amide bonds. The van der Waals surface area contributed by atoms with Gasteiger partial charge in [-0.05, 0) is 35.7 Å². The van der Waals surface area contributed by atoms with Crippen LogP contribution < -0.4 is 5.73 Å². The monoisotopic (exact) mass is 221 g/mol. The number of nitrogens with zero attached hydrogens (tertiary/aromatic N) is 2. The third kappa shape index (κ3) is 2.11. The number of thiophene rings is 1.